The molecular formula is C16H16FN3O2S. The first-order valence-corrected chi connectivity index (χ1v) is 8.45. The molecule has 3 atom stereocenters. The van der Waals surface area contributed by atoms with Crippen molar-refractivity contribution in [1.82, 2.24) is 15.6 Å². The van der Waals surface area contributed by atoms with Crippen molar-refractivity contribution in [1.29, 1.82) is 0 Å². The Morgan fingerprint density at radius 2 is 2.17 bits per heavy atom. The van der Waals surface area contributed by atoms with E-state index in [1.165, 1.54) is 36.5 Å². The maximum atomic E-state index is 12.9. The van der Waals surface area contributed by atoms with Gasteiger partial charge in [-0.05, 0) is 43.5 Å². The number of benzene rings is 1. The minimum absolute atomic E-state index is 0.0670. The SMILES string of the molecule is O=C(NC1CC2CCC1N2)c1ncc(Sc2ccc(F)cc2)o1. The summed E-state index contributed by atoms with van der Waals surface area (Å²) in [6.45, 7) is 0. The molecule has 2 aliphatic heterocycles. The standard InChI is InChI=1S/C16H16FN3O2S/c17-9-1-4-11(5-2-9)23-14-8-18-16(22-14)15(21)20-13-7-10-3-6-12(13)19-10/h1-2,4-5,8,10,12-13,19H,3,6-7H2,(H,20,21). The van der Waals surface area contributed by atoms with Crippen molar-refractivity contribution in [2.75, 3.05) is 0 Å². The van der Waals surface area contributed by atoms with Crippen LogP contribution in [0.1, 0.15) is 29.9 Å². The van der Waals surface area contributed by atoms with E-state index in [0.29, 0.717) is 17.2 Å². The lowest BCUT2D eigenvalue weighted by atomic mass is 9.95. The molecule has 5 nitrogen and oxygen atoms in total. The van der Waals surface area contributed by atoms with E-state index in [1.807, 2.05) is 0 Å². The van der Waals surface area contributed by atoms with Crippen LogP contribution in [-0.2, 0) is 0 Å². The average molecular weight is 333 g/mol. The molecule has 120 valence electrons. The van der Waals surface area contributed by atoms with E-state index >= 15 is 0 Å². The van der Waals surface area contributed by atoms with Gasteiger partial charge >= 0.3 is 5.91 Å². The second kappa shape index (κ2) is 5.98. The molecule has 2 saturated heterocycles. The Morgan fingerprint density at radius 3 is 2.87 bits per heavy atom. The van der Waals surface area contributed by atoms with Crippen LogP contribution in [0.15, 0.2) is 44.9 Å². The summed E-state index contributed by atoms with van der Waals surface area (Å²) < 4.78 is 18.4. The zero-order valence-electron chi connectivity index (χ0n) is 12.3. The molecule has 1 aromatic heterocycles. The van der Waals surface area contributed by atoms with Crippen LogP contribution in [0.2, 0.25) is 0 Å². The van der Waals surface area contributed by atoms with Crippen LogP contribution < -0.4 is 10.6 Å². The molecule has 23 heavy (non-hydrogen) atoms. The van der Waals surface area contributed by atoms with Gasteiger partial charge < -0.3 is 15.1 Å². The Labute approximate surface area is 137 Å². The lowest BCUT2D eigenvalue weighted by molar-refractivity contribution is 0.0890. The van der Waals surface area contributed by atoms with Crippen molar-refractivity contribution in [3.05, 3.63) is 42.2 Å². The number of nitrogens with one attached hydrogen (secondary N) is 2. The summed E-state index contributed by atoms with van der Waals surface area (Å²) in [7, 11) is 0. The van der Waals surface area contributed by atoms with Crippen LogP contribution in [0.5, 0.6) is 0 Å². The summed E-state index contributed by atoms with van der Waals surface area (Å²) in [4.78, 5) is 17.1. The number of amides is 1. The fourth-order valence-corrected chi connectivity index (χ4v) is 3.97. The van der Waals surface area contributed by atoms with Gasteiger partial charge in [0, 0.05) is 23.0 Å². The normalized spacial score (nSPS) is 25.7. The van der Waals surface area contributed by atoms with Crippen molar-refractivity contribution < 1.29 is 13.6 Å². The van der Waals surface area contributed by atoms with Crippen LogP contribution in [0.3, 0.4) is 0 Å². The van der Waals surface area contributed by atoms with Crippen molar-refractivity contribution >= 4 is 17.7 Å². The van der Waals surface area contributed by atoms with Gasteiger partial charge in [-0.25, -0.2) is 9.37 Å². The smallest absolute Gasteiger partial charge is 0.307 e. The molecule has 2 bridgehead atoms. The molecule has 0 radical (unpaired) electrons. The summed E-state index contributed by atoms with van der Waals surface area (Å²) >= 11 is 1.30. The molecule has 2 fully saturated rings. The maximum Gasteiger partial charge on any atom is 0.307 e. The van der Waals surface area contributed by atoms with Crippen molar-refractivity contribution in [3.63, 3.8) is 0 Å². The second-order valence-electron chi connectivity index (χ2n) is 5.90. The molecule has 0 aliphatic carbocycles. The van der Waals surface area contributed by atoms with Gasteiger partial charge in [-0.15, -0.1) is 0 Å². The number of oxazole rings is 1. The van der Waals surface area contributed by atoms with Gasteiger partial charge in [0.2, 0.25) is 0 Å². The molecule has 0 saturated carbocycles. The quantitative estimate of drug-likeness (QED) is 0.900. The predicted octanol–water partition coefficient (Wildman–Crippen LogP) is 2.59. The number of carbonyl (C=O) groups is 1. The molecule has 2 aliphatic rings. The number of hydrogen-bond acceptors (Lipinski definition) is 5. The van der Waals surface area contributed by atoms with Crippen LogP contribution in [0, 0.1) is 5.82 Å². The Kier molecular flexibility index (Phi) is 3.82. The lowest BCUT2D eigenvalue weighted by Crippen LogP contribution is -2.43. The van der Waals surface area contributed by atoms with E-state index in [4.69, 9.17) is 4.42 Å². The van der Waals surface area contributed by atoms with Crippen LogP contribution in [-0.4, -0.2) is 29.0 Å². The second-order valence-corrected chi connectivity index (χ2v) is 6.98. The highest BCUT2D eigenvalue weighted by molar-refractivity contribution is 7.99. The lowest BCUT2D eigenvalue weighted by Gasteiger charge is -2.20. The molecule has 2 N–H and O–H groups in total. The van der Waals surface area contributed by atoms with Crippen molar-refractivity contribution in [2.45, 2.75) is 47.4 Å². The highest BCUT2D eigenvalue weighted by atomic mass is 32.2. The first kappa shape index (κ1) is 14.7. The largest absolute Gasteiger partial charge is 0.425 e. The average Bonchev–Trinajstić information content (AvgIpc) is 3.26. The molecule has 4 rings (SSSR count). The number of nitrogens with zero attached hydrogens (tertiary/aromatic N) is 1. The van der Waals surface area contributed by atoms with E-state index in [2.05, 4.69) is 15.6 Å². The number of aromatic nitrogens is 1. The Hall–Kier alpha value is -1.86. The van der Waals surface area contributed by atoms with Crippen LogP contribution >= 0.6 is 11.8 Å². The number of rotatable bonds is 4. The van der Waals surface area contributed by atoms with Gasteiger partial charge in [0.15, 0.2) is 5.09 Å². The highest BCUT2D eigenvalue weighted by Gasteiger charge is 2.40. The third-order valence-corrected chi connectivity index (χ3v) is 5.23. The fourth-order valence-electron chi connectivity index (χ4n) is 3.24. The van der Waals surface area contributed by atoms with Gasteiger partial charge in [-0.2, -0.15) is 0 Å². The fraction of sp³-hybridized carbons (Fsp3) is 0.375. The molecule has 7 heteroatoms. The molecule has 3 heterocycles. The molecule has 0 spiro atoms. The molecular weight excluding hydrogens is 317 g/mol. The number of halogens is 1. The third-order valence-electron chi connectivity index (χ3n) is 4.33. The minimum Gasteiger partial charge on any atom is -0.425 e. The Bertz CT molecular complexity index is 718. The monoisotopic (exact) mass is 333 g/mol. The number of hydrogen-bond donors (Lipinski definition) is 2. The molecule has 1 aromatic carbocycles. The van der Waals surface area contributed by atoms with Crippen LogP contribution in [0.4, 0.5) is 4.39 Å². The summed E-state index contributed by atoms with van der Waals surface area (Å²) in [6, 6.07) is 7.13. The van der Waals surface area contributed by atoms with E-state index in [0.717, 1.165) is 17.7 Å². The predicted molar refractivity (Wildman–Crippen MR) is 82.8 cm³/mol. The van der Waals surface area contributed by atoms with Gasteiger partial charge in [-0.1, -0.05) is 11.8 Å². The Balaban J connectivity index is 1.39. The van der Waals surface area contributed by atoms with Crippen molar-refractivity contribution in [2.24, 2.45) is 0 Å². The van der Waals surface area contributed by atoms with Gasteiger partial charge in [-0.3, -0.25) is 4.79 Å². The van der Waals surface area contributed by atoms with Gasteiger partial charge in [0.05, 0.1) is 6.20 Å². The first-order valence-electron chi connectivity index (χ1n) is 7.63. The van der Waals surface area contributed by atoms with Crippen LogP contribution in [0.25, 0.3) is 0 Å². The third kappa shape index (κ3) is 3.11. The minimum atomic E-state index is -0.286. The zero-order chi connectivity index (χ0) is 15.8. The topological polar surface area (TPSA) is 67.2 Å². The highest BCUT2D eigenvalue weighted by Crippen LogP contribution is 2.30. The molecule has 2 aromatic rings. The molecule has 1 amide bonds. The maximum absolute atomic E-state index is 12.9. The van der Waals surface area contributed by atoms with E-state index < -0.39 is 0 Å². The molecule has 3 unspecified atom stereocenters. The summed E-state index contributed by atoms with van der Waals surface area (Å²) in [5.74, 6) is -0.501. The Morgan fingerprint density at radius 1 is 1.35 bits per heavy atom. The van der Waals surface area contributed by atoms with Gasteiger partial charge in [0.25, 0.3) is 5.89 Å². The van der Waals surface area contributed by atoms with Crippen molar-refractivity contribution in [3.8, 4) is 0 Å². The van der Waals surface area contributed by atoms with Gasteiger partial charge in [0.1, 0.15) is 5.82 Å². The summed E-state index contributed by atoms with van der Waals surface area (Å²) in [5.41, 5.74) is 0. The van der Waals surface area contributed by atoms with E-state index in [-0.39, 0.29) is 23.7 Å². The first-order chi connectivity index (χ1) is 11.2. The number of carbonyl (C=O) groups excluding carboxylic acids is 1. The summed E-state index contributed by atoms with van der Waals surface area (Å²) in [6.07, 6.45) is 4.78. The summed E-state index contributed by atoms with van der Waals surface area (Å²) in [5, 5.41) is 6.98. The van der Waals surface area contributed by atoms with E-state index in [9.17, 15) is 9.18 Å². The van der Waals surface area contributed by atoms with E-state index in [1.54, 1.807) is 12.1 Å². The zero-order valence-corrected chi connectivity index (χ0v) is 13.1. The number of fused-ring (bicyclic) bond motifs is 2.